The van der Waals surface area contributed by atoms with Gasteiger partial charge >= 0.3 is 5.97 Å². The number of nitrogens with zero attached hydrogens (tertiary/aromatic N) is 2. The summed E-state index contributed by atoms with van der Waals surface area (Å²) in [5, 5.41) is 10.8. The zero-order valence-corrected chi connectivity index (χ0v) is 12.4. The molecule has 23 heavy (non-hydrogen) atoms. The third-order valence-electron chi connectivity index (χ3n) is 2.96. The van der Waals surface area contributed by atoms with Crippen molar-refractivity contribution in [3.05, 3.63) is 44.8 Å². The molecule has 0 radical (unpaired) electrons. The number of nitro benzene ring substituents is 1. The number of benzene rings is 1. The molecule has 0 saturated heterocycles. The number of ether oxygens (including phenoxy) is 1. The van der Waals surface area contributed by atoms with Gasteiger partial charge in [0.15, 0.2) is 5.69 Å². The minimum absolute atomic E-state index is 0.0385. The van der Waals surface area contributed by atoms with E-state index >= 15 is 0 Å². The van der Waals surface area contributed by atoms with Gasteiger partial charge in [-0.2, -0.15) is 0 Å². The van der Waals surface area contributed by atoms with E-state index in [0.717, 1.165) is 13.2 Å². The van der Waals surface area contributed by atoms with Crippen molar-refractivity contribution in [3.8, 4) is 11.3 Å². The molecule has 120 valence electrons. The van der Waals surface area contributed by atoms with E-state index in [1.807, 2.05) is 0 Å². The Morgan fingerprint density at radius 1 is 1.39 bits per heavy atom. The van der Waals surface area contributed by atoms with E-state index in [1.165, 1.54) is 6.07 Å². The molecule has 10 heteroatoms. The second-order valence-corrected chi connectivity index (χ2v) is 4.77. The van der Waals surface area contributed by atoms with Gasteiger partial charge in [0.25, 0.3) is 5.69 Å². The summed E-state index contributed by atoms with van der Waals surface area (Å²) in [5.74, 6) is -1.76. The van der Waals surface area contributed by atoms with Crippen molar-refractivity contribution in [1.29, 1.82) is 0 Å². The van der Waals surface area contributed by atoms with Crippen molar-refractivity contribution >= 4 is 34.6 Å². The lowest BCUT2D eigenvalue weighted by Crippen LogP contribution is -2.09. The Hall–Kier alpha value is -2.94. The monoisotopic (exact) mass is 340 g/mol. The summed E-state index contributed by atoms with van der Waals surface area (Å²) in [7, 11) is 1.12. The van der Waals surface area contributed by atoms with Crippen LogP contribution in [0.15, 0.2) is 18.2 Å². The smallest absolute Gasteiger partial charge is 0.358 e. The van der Waals surface area contributed by atoms with Crippen LogP contribution in [0.2, 0.25) is 5.02 Å². The van der Waals surface area contributed by atoms with E-state index in [-0.39, 0.29) is 33.3 Å². The molecular weight excluding hydrogens is 331 g/mol. The number of carbonyl (C=O) groups excluding carboxylic acids is 1. The van der Waals surface area contributed by atoms with Crippen molar-refractivity contribution in [2.45, 2.75) is 0 Å². The van der Waals surface area contributed by atoms with Crippen LogP contribution < -0.4 is 11.5 Å². The number of carbonyl (C=O) groups is 1. The number of hydrogen-bond donors (Lipinski definition) is 2. The van der Waals surface area contributed by atoms with Crippen molar-refractivity contribution in [1.82, 2.24) is 4.98 Å². The fourth-order valence-electron chi connectivity index (χ4n) is 1.89. The summed E-state index contributed by atoms with van der Waals surface area (Å²) in [6.45, 7) is 0. The summed E-state index contributed by atoms with van der Waals surface area (Å²) in [5.41, 5.74) is 9.95. The molecule has 8 nitrogen and oxygen atoms in total. The molecule has 0 amide bonds. The van der Waals surface area contributed by atoms with Crippen LogP contribution in [0.25, 0.3) is 11.3 Å². The molecule has 0 spiro atoms. The fourth-order valence-corrected chi connectivity index (χ4v) is 2.06. The molecule has 1 aromatic carbocycles. The number of halogens is 2. The number of nitro groups is 1. The van der Waals surface area contributed by atoms with Gasteiger partial charge in [-0.05, 0) is 12.1 Å². The molecular formula is C13H10ClFN4O4. The average Bonchev–Trinajstić information content (AvgIpc) is 2.50. The third kappa shape index (κ3) is 2.99. The first-order valence-electron chi connectivity index (χ1n) is 6.04. The first-order chi connectivity index (χ1) is 10.8. The number of nitrogen functional groups attached to an aromatic ring is 2. The van der Waals surface area contributed by atoms with Crippen LogP contribution in [-0.2, 0) is 4.74 Å². The molecule has 0 unspecified atom stereocenters. The van der Waals surface area contributed by atoms with Crippen molar-refractivity contribution < 1.29 is 18.8 Å². The van der Waals surface area contributed by atoms with Crippen LogP contribution in [-0.4, -0.2) is 23.0 Å². The van der Waals surface area contributed by atoms with Gasteiger partial charge in [-0.3, -0.25) is 10.1 Å². The first-order valence-corrected chi connectivity index (χ1v) is 6.42. The molecule has 2 rings (SSSR count). The van der Waals surface area contributed by atoms with Crippen LogP contribution in [0.5, 0.6) is 0 Å². The number of hydrogen-bond acceptors (Lipinski definition) is 7. The number of aromatic nitrogens is 1. The maximum absolute atomic E-state index is 13.6. The van der Waals surface area contributed by atoms with Gasteiger partial charge < -0.3 is 16.2 Å². The van der Waals surface area contributed by atoms with Crippen molar-refractivity contribution in [3.63, 3.8) is 0 Å². The van der Waals surface area contributed by atoms with E-state index in [9.17, 15) is 19.3 Å². The summed E-state index contributed by atoms with van der Waals surface area (Å²) in [4.78, 5) is 25.7. The summed E-state index contributed by atoms with van der Waals surface area (Å²) < 4.78 is 18.1. The molecule has 0 saturated carbocycles. The molecule has 1 heterocycles. The van der Waals surface area contributed by atoms with Crippen LogP contribution in [0, 0.1) is 15.9 Å². The average molecular weight is 341 g/mol. The molecule has 0 aliphatic rings. The van der Waals surface area contributed by atoms with Gasteiger partial charge in [0, 0.05) is 5.56 Å². The molecule has 0 aliphatic heterocycles. The molecule has 1 aromatic heterocycles. The first kappa shape index (κ1) is 16.4. The molecule has 2 aromatic rings. The van der Waals surface area contributed by atoms with E-state index in [1.54, 1.807) is 0 Å². The van der Waals surface area contributed by atoms with E-state index in [2.05, 4.69) is 9.72 Å². The zero-order chi connectivity index (χ0) is 17.3. The molecule has 0 aliphatic carbocycles. The standard InChI is InChI=1S/C13H10ClFN4O4/c1-23-13(20)12-10(14)7(16)4-8(18-12)6-2-5(15)3-9(11(6)17)19(21)22/h2-4H,17H2,1H3,(H2,16,18). The third-order valence-corrected chi connectivity index (χ3v) is 3.36. The quantitative estimate of drug-likeness (QED) is 0.379. The Balaban J connectivity index is 2.75. The van der Waals surface area contributed by atoms with Gasteiger partial charge in [-0.1, -0.05) is 11.6 Å². The summed E-state index contributed by atoms with van der Waals surface area (Å²) >= 11 is 5.88. The summed E-state index contributed by atoms with van der Waals surface area (Å²) in [6, 6.07) is 2.85. The number of anilines is 2. The Morgan fingerprint density at radius 3 is 2.61 bits per heavy atom. The second kappa shape index (κ2) is 6.05. The van der Waals surface area contributed by atoms with Gasteiger partial charge in [0.1, 0.15) is 11.5 Å². The van der Waals surface area contributed by atoms with Gasteiger partial charge in [0.2, 0.25) is 0 Å². The number of esters is 1. The Kier molecular flexibility index (Phi) is 4.32. The lowest BCUT2D eigenvalue weighted by molar-refractivity contribution is -0.384. The van der Waals surface area contributed by atoms with Crippen molar-refractivity contribution in [2.75, 3.05) is 18.6 Å². The van der Waals surface area contributed by atoms with Gasteiger partial charge in [-0.15, -0.1) is 0 Å². The molecule has 0 bridgehead atoms. The second-order valence-electron chi connectivity index (χ2n) is 4.39. The van der Waals surface area contributed by atoms with E-state index < -0.39 is 22.4 Å². The maximum Gasteiger partial charge on any atom is 0.358 e. The number of pyridine rings is 1. The lowest BCUT2D eigenvalue weighted by atomic mass is 10.1. The Morgan fingerprint density at radius 2 is 2.04 bits per heavy atom. The zero-order valence-electron chi connectivity index (χ0n) is 11.7. The number of nitrogens with two attached hydrogens (primary N) is 2. The van der Waals surface area contributed by atoms with E-state index in [4.69, 9.17) is 23.1 Å². The highest BCUT2D eigenvalue weighted by Gasteiger charge is 2.22. The van der Waals surface area contributed by atoms with Gasteiger partial charge in [0.05, 0.1) is 34.5 Å². The highest BCUT2D eigenvalue weighted by atomic mass is 35.5. The molecule has 4 N–H and O–H groups in total. The fraction of sp³-hybridized carbons (Fsp3) is 0.0769. The largest absolute Gasteiger partial charge is 0.464 e. The topological polar surface area (TPSA) is 134 Å². The highest BCUT2D eigenvalue weighted by molar-refractivity contribution is 6.35. The molecule has 0 atom stereocenters. The maximum atomic E-state index is 13.6. The van der Waals surface area contributed by atoms with Crippen LogP contribution >= 0.6 is 11.6 Å². The predicted octanol–water partition coefficient (Wildman–Crippen LogP) is 2.40. The van der Waals surface area contributed by atoms with E-state index in [0.29, 0.717) is 6.07 Å². The highest BCUT2D eigenvalue weighted by Crippen LogP contribution is 2.36. The number of methoxy groups -OCH3 is 1. The van der Waals surface area contributed by atoms with Gasteiger partial charge in [-0.25, -0.2) is 14.2 Å². The van der Waals surface area contributed by atoms with Crippen molar-refractivity contribution in [2.24, 2.45) is 0 Å². The SMILES string of the molecule is COC(=O)c1nc(-c2cc(F)cc([N+](=O)[O-])c2N)cc(N)c1Cl. The van der Waals surface area contributed by atoms with Crippen LogP contribution in [0.1, 0.15) is 10.5 Å². The minimum atomic E-state index is -0.893. The molecule has 0 fully saturated rings. The lowest BCUT2D eigenvalue weighted by Gasteiger charge is -2.10. The Bertz CT molecular complexity index is 828. The minimum Gasteiger partial charge on any atom is -0.464 e. The number of rotatable bonds is 3. The summed E-state index contributed by atoms with van der Waals surface area (Å²) in [6.07, 6.45) is 0. The normalized spacial score (nSPS) is 10.4. The van der Waals surface area contributed by atoms with Crippen LogP contribution in [0.4, 0.5) is 21.5 Å². The predicted molar refractivity (Wildman–Crippen MR) is 81.5 cm³/mol. The van der Waals surface area contributed by atoms with Crippen LogP contribution in [0.3, 0.4) is 0 Å². The Labute approximate surface area is 134 Å².